The van der Waals surface area contributed by atoms with E-state index in [0.29, 0.717) is 6.54 Å². The number of carbonyl (C=O) groups is 2. The van der Waals surface area contributed by atoms with E-state index in [4.69, 9.17) is 4.74 Å². The van der Waals surface area contributed by atoms with E-state index in [1.807, 2.05) is 0 Å². The minimum atomic E-state index is -0.826. The Kier molecular flexibility index (Phi) is 4.49. The van der Waals surface area contributed by atoms with Crippen molar-refractivity contribution in [3.8, 4) is 0 Å². The van der Waals surface area contributed by atoms with Crippen molar-refractivity contribution in [3.05, 3.63) is 39.9 Å². The number of likely N-dealkylation sites (N-methyl/N-ethyl adjacent to an activating group) is 1. The summed E-state index contributed by atoms with van der Waals surface area (Å²) >= 11 is 0. The van der Waals surface area contributed by atoms with E-state index in [1.165, 1.54) is 29.2 Å². The number of amides is 1. The van der Waals surface area contributed by atoms with Gasteiger partial charge in [0, 0.05) is 31.8 Å². The third-order valence-electron chi connectivity index (χ3n) is 3.36. The third-order valence-corrected chi connectivity index (χ3v) is 3.36. The van der Waals surface area contributed by atoms with E-state index >= 15 is 0 Å². The maximum absolute atomic E-state index is 11.8. The van der Waals surface area contributed by atoms with Gasteiger partial charge in [-0.2, -0.15) is 0 Å². The summed E-state index contributed by atoms with van der Waals surface area (Å²) in [6, 6.07) is 4.88. The predicted molar refractivity (Wildman–Crippen MR) is 72.9 cm³/mol. The van der Waals surface area contributed by atoms with Crippen LogP contribution >= 0.6 is 0 Å². The van der Waals surface area contributed by atoms with Gasteiger partial charge in [-0.25, -0.2) is 9.59 Å². The van der Waals surface area contributed by atoms with E-state index in [1.54, 1.807) is 7.05 Å². The number of benzene rings is 1. The number of esters is 1. The molecule has 1 aromatic rings. The number of rotatable bonds is 3. The number of nitro groups is 1. The molecule has 1 saturated heterocycles. The molecule has 21 heavy (non-hydrogen) atoms. The first kappa shape index (κ1) is 14.9. The standard InChI is InChI=1S/C13H15N3O5/c1-15(11-6-7-14-8-11)13(18)21-12(17)9-2-4-10(5-3-9)16(19)20/h2-5,11,14H,6-8H2,1H3/t11-/m0/s1. The van der Waals surface area contributed by atoms with Crippen molar-refractivity contribution in [2.24, 2.45) is 0 Å². The SMILES string of the molecule is CN(C(=O)OC(=O)c1ccc([N+](=O)[O-])cc1)[C@H]1CCNC1. The molecule has 1 aliphatic rings. The highest BCUT2D eigenvalue weighted by atomic mass is 16.6. The number of ether oxygens (including phenoxy) is 1. The van der Waals surface area contributed by atoms with Crippen LogP contribution in [-0.2, 0) is 4.74 Å². The zero-order chi connectivity index (χ0) is 15.4. The Balaban J connectivity index is 1.96. The largest absolute Gasteiger partial charge is 0.417 e. The fourth-order valence-electron chi connectivity index (χ4n) is 2.05. The van der Waals surface area contributed by atoms with Crippen molar-refractivity contribution in [1.29, 1.82) is 0 Å². The molecule has 1 aliphatic heterocycles. The first-order valence-corrected chi connectivity index (χ1v) is 6.43. The lowest BCUT2D eigenvalue weighted by Crippen LogP contribution is -2.39. The van der Waals surface area contributed by atoms with Crippen LogP contribution in [0.5, 0.6) is 0 Å². The highest BCUT2D eigenvalue weighted by Gasteiger charge is 2.26. The van der Waals surface area contributed by atoms with Crippen LogP contribution in [-0.4, -0.2) is 48.1 Å². The maximum atomic E-state index is 11.8. The van der Waals surface area contributed by atoms with Crippen LogP contribution in [0.1, 0.15) is 16.8 Å². The molecule has 0 saturated carbocycles. The van der Waals surface area contributed by atoms with Gasteiger partial charge < -0.3 is 15.0 Å². The molecule has 0 aliphatic carbocycles. The lowest BCUT2D eigenvalue weighted by Gasteiger charge is -2.22. The van der Waals surface area contributed by atoms with Gasteiger partial charge in [0.1, 0.15) is 0 Å². The summed E-state index contributed by atoms with van der Waals surface area (Å²) in [5.41, 5.74) is -0.0427. The molecule has 1 atom stereocenters. The first-order chi connectivity index (χ1) is 9.99. The minimum Gasteiger partial charge on any atom is -0.372 e. The normalized spacial score (nSPS) is 17.3. The van der Waals surface area contributed by atoms with E-state index < -0.39 is 17.0 Å². The van der Waals surface area contributed by atoms with Gasteiger partial charge in [-0.3, -0.25) is 10.1 Å². The monoisotopic (exact) mass is 293 g/mol. The number of hydrogen-bond acceptors (Lipinski definition) is 6. The van der Waals surface area contributed by atoms with E-state index in [0.717, 1.165) is 13.0 Å². The Bertz CT molecular complexity index is 551. The van der Waals surface area contributed by atoms with Gasteiger partial charge in [0.2, 0.25) is 0 Å². The Morgan fingerprint density at radius 3 is 2.57 bits per heavy atom. The van der Waals surface area contributed by atoms with Gasteiger partial charge in [0.05, 0.1) is 10.5 Å². The molecular weight excluding hydrogens is 278 g/mol. The Morgan fingerprint density at radius 2 is 2.05 bits per heavy atom. The highest BCUT2D eigenvalue weighted by molar-refractivity contribution is 5.96. The van der Waals surface area contributed by atoms with Crippen LogP contribution in [0.3, 0.4) is 0 Å². The summed E-state index contributed by atoms with van der Waals surface area (Å²) in [6.45, 7) is 1.48. The van der Waals surface area contributed by atoms with Crippen molar-refractivity contribution in [1.82, 2.24) is 10.2 Å². The van der Waals surface area contributed by atoms with Crippen LogP contribution in [0.25, 0.3) is 0 Å². The maximum Gasteiger partial charge on any atom is 0.417 e. The summed E-state index contributed by atoms with van der Waals surface area (Å²) < 4.78 is 4.76. The second kappa shape index (κ2) is 6.31. The van der Waals surface area contributed by atoms with Gasteiger partial charge in [-0.1, -0.05) is 0 Å². The molecule has 1 amide bonds. The quantitative estimate of drug-likeness (QED) is 0.388. The molecule has 0 bridgehead atoms. The Morgan fingerprint density at radius 1 is 1.38 bits per heavy atom. The van der Waals surface area contributed by atoms with Crippen LogP contribution in [0, 0.1) is 10.1 Å². The molecule has 1 fully saturated rings. The summed E-state index contributed by atoms with van der Waals surface area (Å²) in [6.07, 6.45) is 0.0733. The molecule has 0 spiro atoms. The third kappa shape index (κ3) is 3.54. The fraction of sp³-hybridized carbons (Fsp3) is 0.385. The number of non-ortho nitro benzene ring substituents is 1. The summed E-state index contributed by atoms with van der Waals surface area (Å²) in [4.78, 5) is 35.0. The molecule has 8 nitrogen and oxygen atoms in total. The fourth-order valence-corrected chi connectivity index (χ4v) is 2.05. The van der Waals surface area contributed by atoms with Crippen LogP contribution in [0.2, 0.25) is 0 Å². The first-order valence-electron chi connectivity index (χ1n) is 6.43. The van der Waals surface area contributed by atoms with Crippen molar-refractivity contribution >= 4 is 17.7 Å². The number of hydrogen-bond donors (Lipinski definition) is 1. The lowest BCUT2D eigenvalue weighted by atomic mass is 10.2. The summed E-state index contributed by atoms with van der Waals surface area (Å²) in [5, 5.41) is 13.6. The van der Waals surface area contributed by atoms with Crippen molar-refractivity contribution in [2.75, 3.05) is 20.1 Å². The minimum absolute atomic E-state index is 0.00200. The van der Waals surface area contributed by atoms with E-state index in [-0.39, 0.29) is 17.3 Å². The van der Waals surface area contributed by atoms with Gasteiger partial charge >= 0.3 is 12.1 Å². The zero-order valence-electron chi connectivity index (χ0n) is 11.4. The van der Waals surface area contributed by atoms with Crippen LogP contribution < -0.4 is 5.32 Å². The molecule has 0 aromatic heterocycles. The lowest BCUT2D eigenvalue weighted by molar-refractivity contribution is -0.384. The molecule has 8 heteroatoms. The molecular formula is C13H15N3O5. The smallest absolute Gasteiger partial charge is 0.372 e. The number of nitrogens with one attached hydrogen (secondary N) is 1. The number of nitro benzene ring substituents is 1. The number of nitrogens with zero attached hydrogens (tertiary/aromatic N) is 2. The molecule has 0 unspecified atom stereocenters. The second-order valence-electron chi connectivity index (χ2n) is 4.72. The average molecular weight is 293 g/mol. The second-order valence-corrected chi connectivity index (χ2v) is 4.72. The van der Waals surface area contributed by atoms with E-state index in [9.17, 15) is 19.7 Å². The van der Waals surface area contributed by atoms with Crippen LogP contribution in [0.15, 0.2) is 24.3 Å². The van der Waals surface area contributed by atoms with E-state index in [2.05, 4.69) is 5.32 Å². The van der Waals surface area contributed by atoms with Crippen molar-refractivity contribution in [3.63, 3.8) is 0 Å². The summed E-state index contributed by atoms with van der Waals surface area (Å²) in [7, 11) is 1.57. The van der Waals surface area contributed by atoms with Gasteiger partial charge in [0.15, 0.2) is 0 Å². The number of carbonyl (C=O) groups excluding carboxylic acids is 2. The molecule has 2 rings (SSSR count). The van der Waals surface area contributed by atoms with Crippen molar-refractivity contribution < 1.29 is 19.2 Å². The van der Waals surface area contributed by atoms with Gasteiger partial charge in [0.25, 0.3) is 5.69 Å². The zero-order valence-corrected chi connectivity index (χ0v) is 11.4. The van der Waals surface area contributed by atoms with Gasteiger partial charge in [-0.05, 0) is 25.1 Å². The molecule has 1 aromatic carbocycles. The van der Waals surface area contributed by atoms with Crippen molar-refractivity contribution in [2.45, 2.75) is 12.5 Å². The Labute approximate surface area is 120 Å². The summed E-state index contributed by atoms with van der Waals surface area (Å²) in [5.74, 6) is -0.826. The Hall–Kier alpha value is -2.48. The molecule has 0 radical (unpaired) electrons. The van der Waals surface area contributed by atoms with Crippen LogP contribution in [0.4, 0.5) is 10.5 Å². The average Bonchev–Trinajstić information content (AvgIpc) is 3.00. The highest BCUT2D eigenvalue weighted by Crippen LogP contribution is 2.14. The molecule has 1 N–H and O–H groups in total. The topological polar surface area (TPSA) is 102 Å². The van der Waals surface area contributed by atoms with Gasteiger partial charge in [-0.15, -0.1) is 0 Å². The predicted octanol–water partition coefficient (Wildman–Crippen LogP) is 1.17. The molecule has 112 valence electrons. The molecule has 1 heterocycles.